The molecule has 0 unspecified atom stereocenters. The zero-order valence-corrected chi connectivity index (χ0v) is 13.6. The minimum absolute atomic E-state index is 0.0206. The number of fused-ring (bicyclic) bond motifs is 1. The van der Waals surface area contributed by atoms with Crippen LogP contribution in [-0.4, -0.2) is 26.4 Å². The highest BCUT2D eigenvalue weighted by atomic mass is 32.2. The lowest BCUT2D eigenvalue weighted by Gasteiger charge is -2.23. The third-order valence-electron chi connectivity index (χ3n) is 3.91. The smallest absolute Gasteiger partial charge is 0.267 e. The Labute approximate surface area is 121 Å². The maximum absolute atomic E-state index is 11.5. The van der Waals surface area contributed by atoms with E-state index in [1.807, 2.05) is 13.8 Å². The normalized spacial score (nSPS) is 21.6. The first-order valence-corrected chi connectivity index (χ1v) is 8.41. The van der Waals surface area contributed by atoms with Crippen LogP contribution in [0.5, 0.6) is 5.75 Å². The van der Waals surface area contributed by atoms with E-state index in [-0.39, 0.29) is 12.4 Å². The van der Waals surface area contributed by atoms with Crippen molar-refractivity contribution in [2.24, 2.45) is 0 Å². The van der Waals surface area contributed by atoms with Gasteiger partial charge >= 0.3 is 0 Å². The first-order chi connectivity index (χ1) is 9.17. The lowest BCUT2D eigenvalue weighted by Crippen LogP contribution is -2.37. The first-order valence-electron chi connectivity index (χ1n) is 6.83. The van der Waals surface area contributed by atoms with Crippen molar-refractivity contribution in [3.63, 3.8) is 0 Å². The fraction of sp³-hybridized carbons (Fsp3) is 0.600. The van der Waals surface area contributed by atoms with Crippen LogP contribution in [0.3, 0.4) is 0 Å². The van der Waals surface area contributed by atoms with Crippen molar-refractivity contribution in [1.82, 2.24) is 0 Å². The summed E-state index contributed by atoms with van der Waals surface area (Å²) >= 11 is 0. The van der Waals surface area contributed by atoms with Crippen LogP contribution >= 0.6 is 0 Å². The van der Waals surface area contributed by atoms with E-state index in [9.17, 15) is 8.42 Å². The molecule has 0 bridgehead atoms. The quantitative estimate of drug-likeness (QED) is 0.802. The zero-order valence-electron chi connectivity index (χ0n) is 12.7. The number of ether oxygens (including phenoxy) is 1. The van der Waals surface area contributed by atoms with Gasteiger partial charge in [-0.1, -0.05) is 6.07 Å². The van der Waals surface area contributed by atoms with Crippen LogP contribution in [0.1, 0.15) is 36.1 Å². The molecule has 2 rings (SSSR count). The molecule has 0 saturated carbocycles. The fourth-order valence-electron chi connectivity index (χ4n) is 2.50. The van der Waals surface area contributed by atoms with Gasteiger partial charge in [0.2, 0.25) is 0 Å². The molecule has 112 valence electrons. The Balaban J connectivity index is 2.24. The van der Waals surface area contributed by atoms with Gasteiger partial charge in [-0.2, -0.15) is 8.42 Å². The predicted octanol–water partition coefficient (Wildman–Crippen LogP) is 2.67. The number of benzene rings is 1. The van der Waals surface area contributed by atoms with Crippen LogP contribution in [0.4, 0.5) is 0 Å². The van der Waals surface area contributed by atoms with Crippen molar-refractivity contribution in [2.45, 2.75) is 46.6 Å². The van der Waals surface area contributed by atoms with Crippen molar-refractivity contribution < 1.29 is 17.3 Å². The molecule has 0 radical (unpaired) electrons. The molecule has 5 heteroatoms. The standard InChI is InChI=1S/C15H22O4S/c1-6-20(16,17)18-9-15(5)8-13-11(3)7-10(2)12(4)14(13)19-15/h7H,6,8-9H2,1-5H3/t15-/m0/s1. The van der Waals surface area contributed by atoms with Crippen molar-refractivity contribution in [3.05, 3.63) is 28.3 Å². The van der Waals surface area contributed by atoms with E-state index in [2.05, 4.69) is 19.9 Å². The van der Waals surface area contributed by atoms with Gasteiger partial charge in [0.1, 0.15) is 18.0 Å². The molecule has 0 spiro atoms. The summed E-state index contributed by atoms with van der Waals surface area (Å²) < 4.78 is 34.1. The predicted molar refractivity (Wildman–Crippen MR) is 78.8 cm³/mol. The molecule has 1 aromatic carbocycles. The highest BCUT2D eigenvalue weighted by Crippen LogP contribution is 2.41. The molecule has 1 aliphatic heterocycles. The Kier molecular flexibility index (Phi) is 3.86. The molecule has 20 heavy (non-hydrogen) atoms. The van der Waals surface area contributed by atoms with Crippen LogP contribution in [0.15, 0.2) is 6.07 Å². The molecule has 0 fully saturated rings. The summed E-state index contributed by atoms with van der Waals surface area (Å²) in [6.07, 6.45) is 0.675. The van der Waals surface area contributed by atoms with Gasteiger partial charge in [-0.15, -0.1) is 0 Å². The summed E-state index contributed by atoms with van der Waals surface area (Å²) in [4.78, 5) is 0. The molecule has 1 aromatic rings. The maximum Gasteiger partial charge on any atom is 0.267 e. The van der Waals surface area contributed by atoms with Gasteiger partial charge in [0.15, 0.2) is 0 Å². The molecule has 0 aliphatic carbocycles. The first kappa shape index (κ1) is 15.3. The monoisotopic (exact) mass is 298 g/mol. The molecule has 1 atom stereocenters. The summed E-state index contributed by atoms with van der Waals surface area (Å²) in [5.74, 6) is 0.871. The van der Waals surface area contributed by atoms with E-state index >= 15 is 0 Å². The second-order valence-electron chi connectivity index (χ2n) is 5.78. The van der Waals surface area contributed by atoms with Crippen LogP contribution in [-0.2, 0) is 20.7 Å². The van der Waals surface area contributed by atoms with Gasteiger partial charge < -0.3 is 4.74 Å². The molecular formula is C15H22O4S. The maximum atomic E-state index is 11.5. The number of hydrogen-bond acceptors (Lipinski definition) is 4. The molecule has 0 aromatic heterocycles. The average Bonchev–Trinajstić information content (AvgIpc) is 2.74. The van der Waals surface area contributed by atoms with Gasteiger partial charge in [0.25, 0.3) is 10.1 Å². The van der Waals surface area contributed by atoms with Gasteiger partial charge in [-0.05, 0) is 51.3 Å². The number of hydrogen-bond donors (Lipinski definition) is 0. The van der Waals surface area contributed by atoms with Crippen molar-refractivity contribution in [3.8, 4) is 5.75 Å². The lowest BCUT2D eigenvalue weighted by molar-refractivity contribution is 0.0581. The summed E-state index contributed by atoms with van der Waals surface area (Å²) in [7, 11) is -3.44. The van der Waals surface area contributed by atoms with Crippen LogP contribution < -0.4 is 4.74 Å². The minimum Gasteiger partial charge on any atom is -0.484 e. The topological polar surface area (TPSA) is 52.6 Å². The summed E-state index contributed by atoms with van der Waals surface area (Å²) in [6.45, 7) is 9.66. The van der Waals surface area contributed by atoms with Gasteiger partial charge in [-0.25, -0.2) is 0 Å². The molecular weight excluding hydrogens is 276 g/mol. The summed E-state index contributed by atoms with van der Waals surface area (Å²) in [5, 5.41) is 0. The fourth-order valence-corrected chi connectivity index (χ4v) is 3.09. The number of aryl methyl sites for hydroxylation is 2. The average molecular weight is 298 g/mol. The Hall–Kier alpha value is -1.07. The second-order valence-corrected chi connectivity index (χ2v) is 7.71. The third kappa shape index (κ3) is 2.83. The van der Waals surface area contributed by atoms with E-state index < -0.39 is 15.7 Å². The van der Waals surface area contributed by atoms with E-state index in [1.165, 1.54) is 11.1 Å². The molecule has 0 N–H and O–H groups in total. The summed E-state index contributed by atoms with van der Waals surface area (Å²) in [6, 6.07) is 2.15. The Morgan fingerprint density at radius 3 is 2.55 bits per heavy atom. The Bertz CT molecular complexity index is 634. The minimum atomic E-state index is -3.44. The van der Waals surface area contributed by atoms with Crippen LogP contribution in [0.2, 0.25) is 0 Å². The molecule has 1 aliphatic rings. The highest BCUT2D eigenvalue weighted by molar-refractivity contribution is 7.86. The van der Waals surface area contributed by atoms with Crippen molar-refractivity contribution in [2.75, 3.05) is 12.4 Å². The molecule has 0 amide bonds. The summed E-state index contributed by atoms with van der Waals surface area (Å²) in [5.41, 5.74) is 4.03. The zero-order chi connectivity index (χ0) is 15.1. The molecule has 0 saturated heterocycles. The SMILES string of the molecule is CCS(=O)(=O)OC[C@]1(C)Cc2c(C)cc(C)c(C)c2O1. The van der Waals surface area contributed by atoms with Gasteiger partial charge in [0.05, 0.1) is 5.75 Å². The largest absolute Gasteiger partial charge is 0.484 e. The van der Waals surface area contributed by atoms with E-state index in [1.54, 1.807) is 6.92 Å². The molecule has 1 heterocycles. The van der Waals surface area contributed by atoms with Gasteiger partial charge in [0, 0.05) is 12.0 Å². The van der Waals surface area contributed by atoms with Crippen LogP contribution in [0, 0.1) is 20.8 Å². The molecule has 4 nitrogen and oxygen atoms in total. The van der Waals surface area contributed by atoms with Crippen LogP contribution in [0.25, 0.3) is 0 Å². The van der Waals surface area contributed by atoms with Crippen molar-refractivity contribution >= 4 is 10.1 Å². The van der Waals surface area contributed by atoms with E-state index in [0.717, 1.165) is 16.9 Å². The Morgan fingerprint density at radius 2 is 1.95 bits per heavy atom. The second kappa shape index (κ2) is 5.04. The Morgan fingerprint density at radius 1 is 1.30 bits per heavy atom. The highest BCUT2D eigenvalue weighted by Gasteiger charge is 2.38. The lowest BCUT2D eigenvalue weighted by atomic mass is 9.94. The van der Waals surface area contributed by atoms with Gasteiger partial charge in [-0.3, -0.25) is 4.18 Å². The van der Waals surface area contributed by atoms with E-state index in [0.29, 0.717) is 6.42 Å². The number of rotatable bonds is 4. The third-order valence-corrected chi connectivity index (χ3v) is 5.10. The van der Waals surface area contributed by atoms with E-state index in [4.69, 9.17) is 8.92 Å². The van der Waals surface area contributed by atoms with Crippen molar-refractivity contribution in [1.29, 1.82) is 0 Å².